The molecule has 0 bridgehead atoms. The highest BCUT2D eigenvalue weighted by atomic mass is 16.2. The fraction of sp³-hybridized carbons (Fsp3) is 0.111. The first-order chi connectivity index (χ1) is 6.29. The lowest BCUT2D eigenvalue weighted by Crippen LogP contribution is -2.34. The second-order valence-electron chi connectivity index (χ2n) is 2.48. The summed E-state index contributed by atoms with van der Waals surface area (Å²) in [6.07, 6.45) is 0. The van der Waals surface area contributed by atoms with E-state index in [1.54, 1.807) is 24.3 Å². The zero-order valence-electron chi connectivity index (χ0n) is 6.90. The molecule has 1 atom stereocenters. The number of hydrogen-bond acceptors (Lipinski definition) is 3. The maximum absolute atomic E-state index is 11.1. The summed E-state index contributed by atoms with van der Waals surface area (Å²) in [5.41, 5.74) is 2.60. The molecule has 0 fully saturated rings. The van der Waals surface area contributed by atoms with Crippen LogP contribution in [0.5, 0.6) is 0 Å². The SMILES string of the molecule is N#C[C@@H](C(=O)NN)c1ccccc1. The van der Waals surface area contributed by atoms with Gasteiger partial charge in [-0.15, -0.1) is 0 Å². The van der Waals surface area contributed by atoms with Crippen molar-refractivity contribution in [2.24, 2.45) is 5.84 Å². The number of rotatable bonds is 2. The molecule has 0 aliphatic carbocycles. The molecule has 0 unspecified atom stereocenters. The Morgan fingerprint density at radius 3 is 2.54 bits per heavy atom. The zero-order chi connectivity index (χ0) is 9.68. The molecule has 0 spiro atoms. The third kappa shape index (κ3) is 2.04. The first-order valence-corrected chi connectivity index (χ1v) is 3.74. The van der Waals surface area contributed by atoms with Gasteiger partial charge in [0.2, 0.25) is 0 Å². The van der Waals surface area contributed by atoms with Crippen molar-refractivity contribution >= 4 is 5.91 Å². The van der Waals surface area contributed by atoms with Gasteiger partial charge in [-0.25, -0.2) is 5.84 Å². The van der Waals surface area contributed by atoms with Gasteiger partial charge in [0, 0.05) is 0 Å². The summed E-state index contributed by atoms with van der Waals surface area (Å²) < 4.78 is 0. The van der Waals surface area contributed by atoms with Gasteiger partial charge in [0.05, 0.1) is 6.07 Å². The lowest BCUT2D eigenvalue weighted by molar-refractivity contribution is -0.121. The third-order valence-corrected chi connectivity index (χ3v) is 1.67. The maximum Gasteiger partial charge on any atom is 0.255 e. The predicted octanol–water partition coefficient (Wildman–Crippen LogP) is 0.284. The van der Waals surface area contributed by atoms with Crippen LogP contribution in [0.25, 0.3) is 0 Å². The van der Waals surface area contributed by atoms with Crippen LogP contribution < -0.4 is 11.3 Å². The number of nitrogens with two attached hydrogens (primary N) is 1. The third-order valence-electron chi connectivity index (χ3n) is 1.67. The molecule has 1 amide bonds. The molecule has 0 aromatic heterocycles. The molecule has 4 nitrogen and oxygen atoms in total. The largest absolute Gasteiger partial charge is 0.293 e. The Balaban J connectivity index is 2.93. The topological polar surface area (TPSA) is 78.9 Å². The van der Waals surface area contributed by atoms with Crippen molar-refractivity contribution in [3.63, 3.8) is 0 Å². The molecular weight excluding hydrogens is 166 g/mol. The number of hydrazine groups is 1. The summed E-state index contributed by atoms with van der Waals surface area (Å²) in [7, 11) is 0. The summed E-state index contributed by atoms with van der Waals surface area (Å²) in [4.78, 5) is 11.1. The quantitative estimate of drug-likeness (QED) is 0.385. The molecule has 13 heavy (non-hydrogen) atoms. The molecule has 0 saturated carbocycles. The molecule has 1 rings (SSSR count). The second kappa shape index (κ2) is 4.24. The standard InChI is InChI=1S/C9H9N3O/c10-6-8(9(13)12-11)7-4-2-1-3-5-7/h1-5,8H,11H2,(H,12,13)/t8-/m1/s1. The van der Waals surface area contributed by atoms with E-state index in [4.69, 9.17) is 11.1 Å². The van der Waals surface area contributed by atoms with E-state index < -0.39 is 11.8 Å². The molecule has 0 radical (unpaired) electrons. The summed E-state index contributed by atoms with van der Waals surface area (Å²) in [6, 6.07) is 10.7. The van der Waals surface area contributed by atoms with Crippen molar-refractivity contribution in [1.29, 1.82) is 5.26 Å². The van der Waals surface area contributed by atoms with Gasteiger partial charge < -0.3 is 0 Å². The van der Waals surface area contributed by atoms with Crippen LogP contribution in [0.2, 0.25) is 0 Å². The van der Waals surface area contributed by atoms with Crippen molar-refractivity contribution < 1.29 is 4.79 Å². The van der Waals surface area contributed by atoms with Crippen LogP contribution in [0.4, 0.5) is 0 Å². The lowest BCUT2D eigenvalue weighted by Gasteiger charge is -2.06. The number of nitrogens with zero attached hydrogens (tertiary/aromatic N) is 1. The number of amides is 1. The lowest BCUT2D eigenvalue weighted by atomic mass is 10.0. The first-order valence-electron chi connectivity index (χ1n) is 3.74. The van der Waals surface area contributed by atoms with Gasteiger partial charge in [0.15, 0.2) is 5.92 Å². The smallest absolute Gasteiger partial charge is 0.255 e. The number of carbonyl (C=O) groups excluding carboxylic acids is 1. The Morgan fingerprint density at radius 2 is 2.08 bits per heavy atom. The fourth-order valence-electron chi connectivity index (χ4n) is 1.01. The van der Waals surface area contributed by atoms with Crippen molar-refractivity contribution in [3.8, 4) is 6.07 Å². The van der Waals surface area contributed by atoms with E-state index in [-0.39, 0.29) is 0 Å². The van der Waals surface area contributed by atoms with Crippen molar-refractivity contribution in [3.05, 3.63) is 35.9 Å². The van der Waals surface area contributed by atoms with Gasteiger partial charge in [-0.05, 0) is 5.56 Å². The van der Waals surface area contributed by atoms with Crippen LogP contribution >= 0.6 is 0 Å². The molecule has 0 saturated heterocycles. The number of nitrogens with one attached hydrogen (secondary N) is 1. The highest BCUT2D eigenvalue weighted by Gasteiger charge is 2.17. The first kappa shape index (κ1) is 9.23. The van der Waals surface area contributed by atoms with E-state index in [2.05, 4.69) is 0 Å². The number of carbonyl (C=O) groups is 1. The summed E-state index contributed by atoms with van der Waals surface area (Å²) >= 11 is 0. The van der Waals surface area contributed by atoms with Crippen LogP contribution in [0, 0.1) is 11.3 Å². The minimum absolute atomic E-state index is 0.492. The Morgan fingerprint density at radius 1 is 1.46 bits per heavy atom. The van der Waals surface area contributed by atoms with Gasteiger partial charge in [-0.3, -0.25) is 10.2 Å². The molecule has 66 valence electrons. The van der Waals surface area contributed by atoms with Gasteiger partial charge in [0.25, 0.3) is 5.91 Å². The van der Waals surface area contributed by atoms with E-state index in [1.807, 2.05) is 17.6 Å². The van der Waals surface area contributed by atoms with Crippen LogP contribution in [0.1, 0.15) is 11.5 Å². The van der Waals surface area contributed by atoms with Gasteiger partial charge in [-0.1, -0.05) is 30.3 Å². The van der Waals surface area contributed by atoms with Gasteiger partial charge >= 0.3 is 0 Å². The van der Waals surface area contributed by atoms with E-state index in [1.165, 1.54) is 0 Å². The van der Waals surface area contributed by atoms with Gasteiger partial charge in [0.1, 0.15) is 0 Å². The summed E-state index contributed by atoms with van der Waals surface area (Å²) in [5, 5.41) is 8.71. The van der Waals surface area contributed by atoms with Crippen molar-refractivity contribution in [1.82, 2.24) is 5.43 Å². The van der Waals surface area contributed by atoms with Gasteiger partial charge in [-0.2, -0.15) is 5.26 Å². The second-order valence-corrected chi connectivity index (χ2v) is 2.48. The Labute approximate surface area is 75.9 Å². The average molecular weight is 175 g/mol. The summed E-state index contributed by atoms with van der Waals surface area (Å²) in [5.74, 6) is 3.62. The molecular formula is C9H9N3O. The molecule has 0 aliphatic heterocycles. The van der Waals surface area contributed by atoms with Crippen LogP contribution in [0.3, 0.4) is 0 Å². The van der Waals surface area contributed by atoms with Crippen LogP contribution in [-0.2, 0) is 4.79 Å². The van der Waals surface area contributed by atoms with Crippen LogP contribution in [0.15, 0.2) is 30.3 Å². The highest BCUT2D eigenvalue weighted by molar-refractivity contribution is 5.85. The zero-order valence-corrected chi connectivity index (χ0v) is 6.90. The molecule has 0 heterocycles. The normalized spacial score (nSPS) is 11.4. The molecule has 1 aromatic rings. The fourth-order valence-corrected chi connectivity index (χ4v) is 1.01. The average Bonchev–Trinajstić information content (AvgIpc) is 2.20. The minimum atomic E-state index is -0.828. The van der Waals surface area contributed by atoms with Crippen molar-refractivity contribution in [2.45, 2.75) is 5.92 Å². The van der Waals surface area contributed by atoms with E-state index in [9.17, 15) is 4.79 Å². The van der Waals surface area contributed by atoms with E-state index >= 15 is 0 Å². The predicted molar refractivity (Wildman–Crippen MR) is 47.1 cm³/mol. The molecule has 3 N–H and O–H groups in total. The highest BCUT2D eigenvalue weighted by Crippen LogP contribution is 2.13. The maximum atomic E-state index is 11.1. The minimum Gasteiger partial charge on any atom is -0.293 e. The molecule has 1 aromatic carbocycles. The summed E-state index contributed by atoms with van der Waals surface area (Å²) in [6.45, 7) is 0. The molecule has 0 aliphatic rings. The Kier molecular flexibility index (Phi) is 3.01. The number of nitriles is 1. The monoisotopic (exact) mass is 175 g/mol. The number of hydrogen-bond donors (Lipinski definition) is 2. The van der Waals surface area contributed by atoms with E-state index in [0.29, 0.717) is 5.56 Å². The number of benzene rings is 1. The van der Waals surface area contributed by atoms with Crippen molar-refractivity contribution in [2.75, 3.05) is 0 Å². The molecule has 4 heteroatoms. The Bertz CT molecular complexity index is 328. The van der Waals surface area contributed by atoms with E-state index in [0.717, 1.165) is 0 Å². The van der Waals surface area contributed by atoms with Crippen LogP contribution in [-0.4, -0.2) is 5.91 Å². The Hall–Kier alpha value is -1.86.